The zero-order valence-electron chi connectivity index (χ0n) is 18.9. The number of fused-ring (bicyclic) bond motifs is 1. The number of carbonyl (C=O) groups is 2. The Kier molecular flexibility index (Phi) is 6.94. The number of rotatable bonds is 8. The SMILES string of the molecule is CC(C)C(C(=O)O)N(c1ccc(-c2ccc(NC(=O)c3nc4ccccc4o3)cc2)cc1)S(=O)O. The number of nitrogens with zero attached hydrogens (tertiary/aromatic N) is 2. The van der Waals surface area contributed by atoms with Gasteiger partial charge in [-0.1, -0.05) is 50.2 Å². The predicted octanol–water partition coefficient (Wildman–Crippen LogP) is 4.80. The van der Waals surface area contributed by atoms with Crippen molar-refractivity contribution in [3.8, 4) is 11.1 Å². The second-order valence-corrected chi connectivity index (χ2v) is 9.00. The molecule has 3 aromatic carbocycles. The number of anilines is 2. The van der Waals surface area contributed by atoms with Gasteiger partial charge in [-0.3, -0.25) is 13.7 Å². The molecule has 2 unspecified atom stereocenters. The predicted molar refractivity (Wildman–Crippen MR) is 133 cm³/mol. The summed E-state index contributed by atoms with van der Waals surface area (Å²) >= 11 is -2.51. The fraction of sp³-hybridized carbons (Fsp3) is 0.160. The zero-order valence-corrected chi connectivity index (χ0v) is 19.7. The van der Waals surface area contributed by atoms with Gasteiger partial charge in [-0.25, -0.2) is 14.0 Å². The highest BCUT2D eigenvalue weighted by molar-refractivity contribution is 7.80. The summed E-state index contributed by atoms with van der Waals surface area (Å²) in [4.78, 5) is 28.3. The molecule has 35 heavy (non-hydrogen) atoms. The van der Waals surface area contributed by atoms with Gasteiger partial charge >= 0.3 is 11.9 Å². The maximum atomic E-state index is 12.5. The minimum absolute atomic E-state index is 0.0299. The lowest BCUT2D eigenvalue weighted by atomic mass is 10.0. The van der Waals surface area contributed by atoms with Crippen LogP contribution in [-0.2, 0) is 16.1 Å². The van der Waals surface area contributed by atoms with E-state index in [1.807, 2.05) is 18.2 Å². The number of hydrogen-bond donors (Lipinski definition) is 3. The highest BCUT2D eigenvalue weighted by Crippen LogP contribution is 2.28. The van der Waals surface area contributed by atoms with Crippen molar-refractivity contribution in [2.45, 2.75) is 19.9 Å². The van der Waals surface area contributed by atoms with Gasteiger partial charge in [0.25, 0.3) is 17.2 Å². The Hall–Kier alpha value is -4.02. The van der Waals surface area contributed by atoms with Crippen LogP contribution in [0.3, 0.4) is 0 Å². The Morgan fingerprint density at radius 1 is 0.971 bits per heavy atom. The number of carbonyl (C=O) groups excluding carboxylic acids is 1. The summed E-state index contributed by atoms with van der Waals surface area (Å²) in [5.74, 6) is -2.06. The van der Waals surface area contributed by atoms with Gasteiger partial charge in [-0.15, -0.1) is 0 Å². The molecule has 0 aliphatic carbocycles. The van der Waals surface area contributed by atoms with E-state index in [0.717, 1.165) is 15.4 Å². The summed E-state index contributed by atoms with van der Waals surface area (Å²) in [5.41, 5.74) is 3.65. The van der Waals surface area contributed by atoms with E-state index in [-0.39, 0.29) is 11.8 Å². The molecule has 0 radical (unpaired) electrons. The molecule has 2 atom stereocenters. The Morgan fingerprint density at radius 3 is 2.11 bits per heavy atom. The molecule has 0 bridgehead atoms. The lowest BCUT2D eigenvalue weighted by Crippen LogP contribution is -2.45. The topological polar surface area (TPSA) is 133 Å². The van der Waals surface area contributed by atoms with Crippen LogP contribution in [0.4, 0.5) is 11.4 Å². The zero-order chi connectivity index (χ0) is 25.1. The first kappa shape index (κ1) is 24.1. The van der Waals surface area contributed by atoms with Crippen molar-refractivity contribution in [3.63, 3.8) is 0 Å². The van der Waals surface area contributed by atoms with Crippen LogP contribution in [0.1, 0.15) is 24.5 Å². The number of aliphatic carboxylic acids is 1. The third-order valence-corrected chi connectivity index (χ3v) is 6.17. The van der Waals surface area contributed by atoms with Crippen molar-refractivity contribution >= 4 is 45.6 Å². The molecule has 4 aromatic rings. The Bertz CT molecular complexity index is 1350. The summed E-state index contributed by atoms with van der Waals surface area (Å²) in [6.45, 7) is 3.36. The van der Waals surface area contributed by atoms with Crippen molar-refractivity contribution in [1.29, 1.82) is 0 Å². The van der Waals surface area contributed by atoms with E-state index in [9.17, 15) is 23.5 Å². The van der Waals surface area contributed by atoms with E-state index in [0.29, 0.717) is 22.5 Å². The monoisotopic (exact) mass is 493 g/mol. The summed E-state index contributed by atoms with van der Waals surface area (Å²) < 4.78 is 28.1. The van der Waals surface area contributed by atoms with E-state index in [1.54, 1.807) is 68.4 Å². The van der Waals surface area contributed by atoms with Gasteiger partial charge < -0.3 is 14.8 Å². The molecular weight excluding hydrogens is 470 g/mol. The number of aromatic nitrogens is 1. The minimum atomic E-state index is -2.51. The largest absolute Gasteiger partial charge is 0.480 e. The van der Waals surface area contributed by atoms with Gasteiger partial charge in [0.15, 0.2) is 5.58 Å². The van der Waals surface area contributed by atoms with Crippen molar-refractivity contribution in [2.24, 2.45) is 5.92 Å². The molecule has 0 aliphatic rings. The Labute approximate surface area is 203 Å². The normalized spacial score (nSPS) is 12.9. The van der Waals surface area contributed by atoms with Crippen molar-refractivity contribution in [2.75, 3.05) is 9.62 Å². The number of amides is 1. The Morgan fingerprint density at radius 2 is 1.57 bits per heavy atom. The average Bonchev–Trinajstić information content (AvgIpc) is 3.27. The van der Waals surface area contributed by atoms with E-state index in [1.165, 1.54) is 0 Å². The molecule has 10 heteroatoms. The number of benzene rings is 3. The maximum absolute atomic E-state index is 12.5. The first-order valence-electron chi connectivity index (χ1n) is 10.7. The van der Waals surface area contributed by atoms with Gasteiger partial charge in [-0.2, -0.15) is 0 Å². The molecular formula is C25H23N3O6S. The number of para-hydroxylation sites is 2. The lowest BCUT2D eigenvalue weighted by Gasteiger charge is -2.29. The number of oxazole rings is 1. The third-order valence-electron chi connectivity index (χ3n) is 5.39. The van der Waals surface area contributed by atoms with E-state index in [2.05, 4.69) is 10.3 Å². The molecule has 4 rings (SSSR count). The molecule has 0 saturated heterocycles. The molecule has 0 saturated carbocycles. The molecule has 0 fully saturated rings. The van der Waals surface area contributed by atoms with E-state index < -0.39 is 29.2 Å². The maximum Gasteiger partial charge on any atom is 0.327 e. The fourth-order valence-corrected chi connectivity index (χ4v) is 4.53. The average molecular weight is 494 g/mol. The molecule has 180 valence electrons. The fourth-order valence-electron chi connectivity index (χ4n) is 3.70. The van der Waals surface area contributed by atoms with Gasteiger partial charge in [-0.05, 0) is 53.4 Å². The molecule has 0 spiro atoms. The molecule has 1 heterocycles. The van der Waals surface area contributed by atoms with Crippen LogP contribution in [0.2, 0.25) is 0 Å². The van der Waals surface area contributed by atoms with Gasteiger partial charge in [0.2, 0.25) is 0 Å². The summed E-state index contributed by atoms with van der Waals surface area (Å²) in [5, 5.41) is 12.3. The van der Waals surface area contributed by atoms with Crippen molar-refractivity contribution < 1.29 is 27.9 Å². The smallest absolute Gasteiger partial charge is 0.327 e. The summed E-state index contributed by atoms with van der Waals surface area (Å²) in [7, 11) is 0. The van der Waals surface area contributed by atoms with Gasteiger partial charge in [0, 0.05) is 5.69 Å². The minimum Gasteiger partial charge on any atom is -0.480 e. The molecule has 1 amide bonds. The number of carboxylic acid groups (broad SMARTS) is 1. The van der Waals surface area contributed by atoms with Gasteiger partial charge in [0.1, 0.15) is 11.6 Å². The van der Waals surface area contributed by atoms with Crippen molar-refractivity contribution in [1.82, 2.24) is 4.98 Å². The highest BCUT2D eigenvalue weighted by atomic mass is 32.2. The van der Waals surface area contributed by atoms with Crippen LogP contribution >= 0.6 is 0 Å². The number of hydrogen-bond acceptors (Lipinski definition) is 5. The molecule has 3 N–H and O–H groups in total. The standard InChI is InChI=1S/C25H23N3O6S/c1-15(2)22(25(30)31)28(35(32)33)19-13-9-17(10-14-19)16-7-11-18(12-8-16)26-23(29)24-27-20-5-3-4-6-21(20)34-24/h3-15,22H,1-2H3,(H,26,29)(H,30,31)(H,32,33). The van der Waals surface area contributed by atoms with Crippen LogP contribution in [0.15, 0.2) is 77.2 Å². The third kappa shape index (κ3) is 5.23. The van der Waals surface area contributed by atoms with Crippen LogP contribution in [-0.4, -0.2) is 36.8 Å². The second kappa shape index (κ2) is 10.1. The van der Waals surface area contributed by atoms with Gasteiger partial charge in [0.05, 0.1) is 5.69 Å². The van der Waals surface area contributed by atoms with Crippen LogP contribution in [0.5, 0.6) is 0 Å². The summed E-state index contributed by atoms with van der Waals surface area (Å²) in [6.07, 6.45) is 0. The highest BCUT2D eigenvalue weighted by Gasteiger charge is 2.32. The van der Waals surface area contributed by atoms with E-state index >= 15 is 0 Å². The first-order chi connectivity index (χ1) is 16.7. The molecule has 9 nitrogen and oxygen atoms in total. The number of carboxylic acids is 1. The van der Waals surface area contributed by atoms with E-state index in [4.69, 9.17) is 4.42 Å². The van der Waals surface area contributed by atoms with Crippen LogP contribution in [0, 0.1) is 5.92 Å². The van der Waals surface area contributed by atoms with Crippen molar-refractivity contribution in [3.05, 3.63) is 78.7 Å². The van der Waals surface area contributed by atoms with Crippen LogP contribution < -0.4 is 9.62 Å². The Balaban J connectivity index is 1.49. The molecule has 0 aliphatic heterocycles. The lowest BCUT2D eigenvalue weighted by molar-refractivity contribution is -0.139. The first-order valence-corrected chi connectivity index (χ1v) is 11.8. The van der Waals surface area contributed by atoms with Crippen LogP contribution in [0.25, 0.3) is 22.2 Å². The summed E-state index contributed by atoms with van der Waals surface area (Å²) in [6, 6.07) is 19.7. The molecule has 1 aromatic heterocycles. The second-order valence-electron chi connectivity index (χ2n) is 8.15. The number of nitrogens with one attached hydrogen (secondary N) is 1. The quantitative estimate of drug-likeness (QED) is 0.300.